The third-order valence-corrected chi connectivity index (χ3v) is 2.91. The lowest BCUT2D eigenvalue weighted by Crippen LogP contribution is -2.34. The van der Waals surface area contributed by atoms with Crippen molar-refractivity contribution in [3.8, 4) is 0 Å². The van der Waals surface area contributed by atoms with E-state index in [9.17, 15) is 19.2 Å². The number of alkyl carbamates (subject to hydrolysis) is 1. The SMILES string of the molecule is CC(=O)c1cccc(NC(=O)COC(=O)CCNC(=O)OC(C)(C)C)c1. The Labute approximate surface area is 152 Å². The summed E-state index contributed by atoms with van der Waals surface area (Å²) in [5, 5.41) is 4.95. The van der Waals surface area contributed by atoms with Crippen LogP contribution in [0.15, 0.2) is 24.3 Å². The van der Waals surface area contributed by atoms with Gasteiger partial charge in [-0.25, -0.2) is 4.79 Å². The van der Waals surface area contributed by atoms with Crippen LogP contribution in [0.4, 0.5) is 10.5 Å². The molecule has 0 spiro atoms. The summed E-state index contributed by atoms with van der Waals surface area (Å²) in [4.78, 5) is 46.1. The van der Waals surface area contributed by atoms with E-state index >= 15 is 0 Å². The van der Waals surface area contributed by atoms with Gasteiger partial charge in [-0.15, -0.1) is 0 Å². The van der Waals surface area contributed by atoms with E-state index in [0.717, 1.165) is 0 Å². The monoisotopic (exact) mass is 364 g/mol. The van der Waals surface area contributed by atoms with Crippen LogP contribution in [0.5, 0.6) is 0 Å². The highest BCUT2D eigenvalue weighted by atomic mass is 16.6. The van der Waals surface area contributed by atoms with Gasteiger partial charge in [-0.2, -0.15) is 0 Å². The number of anilines is 1. The lowest BCUT2D eigenvalue weighted by atomic mass is 10.1. The molecule has 26 heavy (non-hydrogen) atoms. The van der Waals surface area contributed by atoms with E-state index in [2.05, 4.69) is 10.6 Å². The lowest BCUT2D eigenvalue weighted by Gasteiger charge is -2.19. The van der Waals surface area contributed by atoms with Crippen LogP contribution in [0.25, 0.3) is 0 Å². The molecule has 0 aliphatic heterocycles. The van der Waals surface area contributed by atoms with E-state index in [1.54, 1.807) is 39.0 Å². The van der Waals surface area contributed by atoms with E-state index in [0.29, 0.717) is 11.3 Å². The van der Waals surface area contributed by atoms with Crippen molar-refractivity contribution in [1.82, 2.24) is 5.32 Å². The number of esters is 1. The molecule has 0 bridgehead atoms. The molecule has 8 heteroatoms. The zero-order valence-corrected chi connectivity index (χ0v) is 15.4. The molecule has 2 amide bonds. The Morgan fingerprint density at radius 3 is 2.42 bits per heavy atom. The zero-order valence-electron chi connectivity index (χ0n) is 15.4. The zero-order chi connectivity index (χ0) is 19.7. The van der Waals surface area contributed by atoms with Gasteiger partial charge in [0.05, 0.1) is 6.42 Å². The average molecular weight is 364 g/mol. The van der Waals surface area contributed by atoms with Crippen molar-refractivity contribution in [3.05, 3.63) is 29.8 Å². The Balaban J connectivity index is 2.30. The van der Waals surface area contributed by atoms with Gasteiger partial charge in [0.15, 0.2) is 12.4 Å². The molecule has 0 aliphatic carbocycles. The summed E-state index contributed by atoms with van der Waals surface area (Å²) in [6, 6.07) is 6.43. The van der Waals surface area contributed by atoms with Crippen molar-refractivity contribution in [2.75, 3.05) is 18.5 Å². The molecule has 1 rings (SSSR count). The second-order valence-electron chi connectivity index (χ2n) is 6.52. The molecule has 0 saturated heterocycles. The predicted molar refractivity (Wildman–Crippen MR) is 94.9 cm³/mol. The first-order chi connectivity index (χ1) is 12.1. The van der Waals surface area contributed by atoms with Crippen LogP contribution in [0.3, 0.4) is 0 Å². The number of ether oxygens (including phenoxy) is 2. The predicted octanol–water partition coefficient (Wildman–Crippen LogP) is 2.29. The van der Waals surface area contributed by atoms with E-state index in [1.165, 1.54) is 13.0 Å². The van der Waals surface area contributed by atoms with E-state index in [-0.39, 0.29) is 18.7 Å². The number of hydrogen-bond acceptors (Lipinski definition) is 6. The Kier molecular flexibility index (Phi) is 7.77. The summed E-state index contributed by atoms with van der Waals surface area (Å²) in [6.45, 7) is 6.18. The fraction of sp³-hybridized carbons (Fsp3) is 0.444. The Bertz CT molecular complexity index is 679. The van der Waals surface area contributed by atoms with Crippen molar-refractivity contribution in [3.63, 3.8) is 0 Å². The van der Waals surface area contributed by atoms with Gasteiger partial charge >= 0.3 is 12.1 Å². The van der Waals surface area contributed by atoms with Crippen LogP contribution in [0.1, 0.15) is 44.5 Å². The number of carbonyl (C=O) groups excluding carboxylic acids is 4. The summed E-state index contributed by atoms with van der Waals surface area (Å²) >= 11 is 0. The molecule has 0 atom stereocenters. The smallest absolute Gasteiger partial charge is 0.407 e. The van der Waals surface area contributed by atoms with Crippen LogP contribution in [-0.4, -0.2) is 42.5 Å². The van der Waals surface area contributed by atoms with Crippen LogP contribution >= 0.6 is 0 Å². The van der Waals surface area contributed by atoms with Gasteiger partial charge in [0.2, 0.25) is 0 Å². The molecule has 0 heterocycles. The third kappa shape index (κ3) is 8.81. The van der Waals surface area contributed by atoms with Crippen molar-refractivity contribution in [2.45, 2.75) is 39.7 Å². The number of ketones is 1. The first-order valence-corrected chi connectivity index (χ1v) is 8.10. The largest absolute Gasteiger partial charge is 0.456 e. The fourth-order valence-corrected chi connectivity index (χ4v) is 1.81. The molecule has 0 saturated carbocycles. The Morgan fingerprint density at radius 2 is 1.81 bits per heavy atom. The van der Waals surface area contributed by atoms with Crippen molar-refractivity contribution in [1.29, 1.82) is 0 Å². The number of amides is 2. The summed E-state index contributed by atoms with van der Waals surface area (Å²) in [5.41, 5.74) is 0.279. The van der Waals surface area contributed by atoms with Crippen LogP contribution in [0.2, 0.25) is 0 Å². The quantitative estimate of drug-likeness (QED) is 0.567. The normalized spacial score (nSPS) is 10.6. The maximum atomic E-state index is 11.8. The number of benzene rings is 1. The highest BCUT2D eigenvalue weighted by Crippen LogP contribution is 2.11. The first kappa shape index (κ1) is 21.1. The molecule has 0 aliphatic rings. The average Bonchev–Trinajstić information content (AvgIpc) is 2.51. The molecule has 0 unspecified atom stereocenters. The summed E-state index contributed by atoms with van der Waals surface area (Å²) in [6.07, 6.45) is -0.722. The fourth-order valence-electron chi connectivity index (χ4n) is 1.81. The number of Topliss-reactive ketones (excluding diaryl/α,β-unsaturated/α-hetero) is 1. The van der Waals surface area contributed by atoms with E-state index < -0.39 is 30.2 Å². The summed E-state index contributed by atoms with van der Waals surface area (Å²) in [7, 11) is 0. The minimum atomic E-state index is -0.631. The standard InChI is InChI=1S/C18H24N2O6/c1-12(21)13-6-5-7-14(10-13)20-15(22)11-25-16(23)8-9-19-17(24)26-18(2,3)4/h5-7,10H,8-9,11H2,1-4H3,(H,19,24)(H,20,22). The van der Waals surface area contributed by atoms with Gasteiger partial charge < -0.3 is 20.1 Å². The Morgan fingerprint density at radius 1 is 1.12 bits per heavy atom. The number of hydrogen-bond donors (Lipinski definition) is 2. The summed E-state index contributed by atoms with van der Waals surface area (Å²) in [5.74, 6) is -1.28. The second kappa shape index (κ2) is 9.55. The van der Waals surface area contributed by atoms with Crippen LogP contribution in [-0.2, 0) is 19.1 Å². The number of carbonyl (C=O) groups is 4. The van der Waals surface area contributed by atoms with Gasteiger partial charge in [0, 0.05) is 17.8 Å². The van der Waals surface area contributed by atoms with Crippen LogP contribution < -0.4 is 10.6 Å². The summed E-state index contributed by atoms with van der Waals surface area (Å²) < 4.78 is 9.85. The van der Waals surface area contributed by atoms with Gasteiger partial charge in [0.1, 0.15) is 5.60 Å². The Hall–Kier alpha value is -2.90. The molecule has 142 valence electrons. The first-order valence-electron chi connectivity index (χ1n) is 8.10. The third-order valence-electron chi connectivity index (χ3n) is 2.91. The van der Waals surface area contributed by atoms with Crippen molar-refractivity contribution < 1.29 is 28.7 Å². The molecule has 8 nitrogen and oxygen atoms in total. The lowest BCUT2D eigenvalue weighted by molar-refractivity contribution is -0.147. The second-order valence-corrected chi connectivity index (χ2v) is 6.52. The maximum absolute atomic E-state index is 11.8. The molecular formula is C18H24N2O6. The molecule has 1 aromatic carbocycles. The van der Waals surface area contributed by atoms with Gasteiger partial charge in [-0.3, -0.25) is 14.4 Å². The highest BCUT2D eigenvalue weighted by molar-refractivity contribution is 5.97. The molecule has 0 fully saturated rings. The van der Waals surface area contributed by atoms with Crippen molar-refractivity contribution in [2.24, 2.45) is 0 Å². The topological polar surface area (TPSA) is 111 Å². The van der Waals surface area contributed by atoms with E-state index in [1.807, 2.05) is 0 Å². The molecular weight excluding hydrogens is 340 g/mol. The van der Waals surface area contributed by atoms with Gasteiger partial charge in [-0.1, -0.05) is 12.1 Å². The highest BCUT2D eigenvalue weighted by Gasteiger charge is 2.16. The molecule has 0 radical (unpaired) electrons. The molecule has 1 aromatic rings. The van der Waals surface area contributed by atoms with Crippen LogP contribution in [0, 0.1) is 0 Å². The number of rotatable bonds is 7. The van der Waals surface area contributed by atoms with Gasteiger partial charge in [-0.05, 0) is 39.8 Å². The minimum absolute atomic E-state index is 0.0377. The van der Waals surface area contributed by atoms with Gasteiger partial charge in [0.25, 0.3) is 5.91 Å². The number of nitrogens with one attached hydrogen (secondary N) is 2. The molecule has 2 N–H and O–H groups in total. The van der Waals surface area contributed by atoms with E-state index in [4.69, 9.17) is 9.47 Å². The molecule has 0 aromatic heterocycles. The maximum Gasteiger partial charge on any atom is 0.407 e. The van der Waals surface area contributed by atoms with Crippen molar-refractivity contribution >= 4 is 29.4 Å². The minimum Gasteiger partial charge on any atom is -0.456 e.